The molecule has 0 spiro atoms. The maximum Gasteiger partial charge on any atom is 0.292 e. The lowest BCUT2D eigenvalue weighted by atomic mass is 10.2. The number of hydrogen-bond donors (Lipinski definition) is 1. The molecule has 20 heavy (non-hydrogen) atoms. The standard InChI is InChI=1S/C12H14N4O4/c1-2-19-6-5-11-14-12(20-15-11)8-3-4-9(13)10(7-8)16(17)18/h3-4,7H,2,5-6,13H2,1H3. The van der Waals surface area contributed by atoms with E-state index in [0.29, 0.717) is 31.0 Å². The van der Waals surface area contributed by atoms with E-state index >= 15 is 0 Å². The zero-order valence-corrected chi connectivity index (χ0v) is 10.9. The van der Waals surface area contributed by atoms with E-state index in [4.69, 9.17) is 15.0 Å². The molecule has 2 N–H and O–H groups in total. The van der Waals surface area contributed by atoms with E-state index in [-0.39, 0.29) is 17.3 Å². The molecule has 8 nitrogen and oxygen atoms in total. The summed E-state index contributed by atoms with van der Waals surface area (Å²) in [4.78, 5) is 14.4. The third-order valence-corrected chi connectivity index (χ3v) is 2.62. The van der Waals surface area contributed by atoms with Crippen LogP contribution in [0.2, 0.25) is 0 Å². The van der Waals surface area contributed by atoms with E-state index in [2.05, 4.69) is 10.1 Å². The van der Waals surface area contributed by atoms with Crippen LogP contribution in [0.4, 0.5) is 11.4 Å². The molecule has 1 aromatic carbocycles. The topological polar surface area (TPSA) is 117 Å². The maximum absolute atomic E-state index is 10.8. The van der Waals surface area contributed by atoms with Gasteiger partial charge in [0, 0.05) is 24.7 Å². The van der Waals surface area contributed by atoms with Crippen LogP contribution in [0.5, 0.6) is 0 Å². The summed E-state index contributed by atoms with van der Waals surface area (Å²) in [7, 11) is 0. The van der Waals surface area contributed by atoms with Crippen LogP contribution in [0.15, 0.2) is 22.7 Å². The number of aromatic nitrogens is 2. The average Bonchev–Trinajstić information content (AvgIpc) is 2.88. The first-order valence-electron chi connectivity index (χ1n) is 6.06. The van der Waals surface area contributed by atoms with Crippen molar-refractivity contribution in [1.82, 2.24) is 10.1 Å². The van der Waals surface area contributed by atoms with Crippen molar-refractivity contribution >= 4 is 11.4 Å². The predicted molar refractivity (Wildman–Crippen MR) is 71.0 cm³/mol. The van der Waals surface area contributed by atoms with Crippen LogP contribution in [-0.4, -0.2) is 28.3 Å². The predicted octanol–water partition coefficient (Wildman–Crippen LogP) is 1.81. The van der Waals surface area contributed by atoms with Crippen molar-refractivity contribution in [3.8, 4) is 11.5 Å². The van der Waals surface area contributed by atoms with Crippen LogP contribution in [-0.2, 0) is 11.2 Å². The number of anilines is 1. The van der Waals surface area contributed by atoms with E-state index in [1.165, 1.54) is 12.1 Å². The first kappa shape index (κ1) is 13.9. The third kappa shape index (κ3) is 3.09. The summed E-state index contributed by atoms with van der Waals surface area (Å²) in [6.45, 7) is 3.02. The van der Waals surface area contributed by atoms with E-state index in [9.17, 15) is 10.1 Å². The number of nitro benzene ring substituents is 1. The molecule has 0 aliphatic rings. The van der Waals surface area contributed by atoms with Crippen LogP contribution >= 0.6 is 0 Å². The number of nitro groups is 1. The summed E-state index contributed by atoms with van der Waals surface area (Å²) in [5.74, 6) is 0.715. The van der Waals surface area contributed by atoms with Crippen LogP contribution in [0.3, 0.4) is 0 Å². The van der Waals surface area contributed by atoms with Crippen LogP contribution in [0, 0.1) is 10.1 Å². The van der Waals surface area contributed by atoms with Crippen molar-refractivity contribution < 1.29 is 14.2 Å². The Morgan fingerprint density at radius 3 is 3.00 bits per heavy atom. The number of nitrogen functional groups attached to an aromatic ring is 1. The van der Waals surface area contributed by atoms with Crippen LogP contribution in [0.25, 0.3) is 11.5 Å². The Morgan fingerprint density at radius 2 is 2.30 bits per heavy atom. The molecule has 0 atom stereocenters. The number of benzene rings is 1. The minimum absolute atomic E-state index is 0.0924. The second-order valence-corrected chi connectivity index (χ2v) is 3.99. The third-order valence-electron chi connectivity index (χ3n) is 2.62. The molecular weight excluding hydrogens is 264 g/mol. The number of rotatable bonds is 6. The molecular formula is C12H14N4O4. The van der Waals surface area contributed by atoms with Gasteiger partial charge in [-0.25, -0.2) is 0 Å². The second-order valence-electron chi connectivity index (χ2n) is 3.99. The van der Waals surface area contributed by atoms with Crippen molar-refractivity contribution in [2.24, 2.45) is 0 Å². The summed E-state index contributed by atoms with van der Waals surface area (Å²) in [6.07, 6.45) is 0.522. The quantitative estimate of drug-likeness (QED) is 0.370. The highest BCUT2D eigenvalue weighted by Gasteiger charge is 2.16. The molecule has 0 fully saturated rings. The lowest BCUT2D eigenvalue weighted by molar-refractivity contribution is -0.383. The maximum atomic E-state index is 10.8. The number of ether oxygens (including phenoxy) is 1. The zero-order chi connectivity index (χ0) is 14.5. The molecule has 1 aromatic heterocycles. The first-order valence-corrected chi connectivity index (χ1v) is 6.06. The SMILES string of the molecule is CCOCCc1noc(-c2ccc(N)c([N+](=O)[O-])c2)n1. The molecule has 1 heterocycles. The Balaban J connectivity index is 2.19. The van der Waals surface area contributed by atoms with Gasteiger partial charge in [-0.05, 0) is 19.1 Å². The Kier molecular flexibility index (Phi) is 4.26. The number of nitrogens with two attached hydrogens (primary N) is 1. The van der Waals surface area contributed by atoms with Gasteiger partial charge < -0.3 is 15.0 Å². The average molecular weight is 278 g/mol. The van der Waals surface area contributed by atoms with Gasteiger partial charge in [0.15, 0.2) is 5.82 Å². The van der Waals surface area contributed by atoms with Gasteiger partial charge in [0.05, 0.1) is 11.5 Å². The molecule has 106 valence electrons. The minimum Gasteiger partial charge on any atom is -0.393 e. The van der Waals surface area contributed by atoms with Gasteiger partial charge in [0.2, 0.25) is 0 Å². The highest BCUT2D eigenvalue weighted by atomic mass is 16.6. The van der Waals surface area contributed by atoms with E-state index < -0.39 is 4.92 Å². The molecule has 8 heteroatoms. The van der Waals surface area contributed by atoms with Gasteiger partial charge in [0.25, 0.3) is 11.6 Å². The van der Waals surface area contributed by atoms with Crippen molar-refractivity contribution in [1.29, 1.82) is 0 Å². The second kappa shape index (κ2) is 6.11. The van der Waals surface area contributed by atoms with Gasteiger partial charge in [-0.15, -0.1) is 0 Å². The van der Waals surface area contributed by atoms with Crippen LogP contribution < -0.4 is 5.73 Å². The van der Waals surface area contributed by atoms with Crippen molar-refractivity contribution in [3.05, 3.63) is 34.1 Å². The molecule has 0 radical (unpaired) electrons. The van der Waals surface area contributed by atoms with Gasteiger partial charge >= 0.3 is 0 Å². The molecule has 0 amide bonds. The summed E-state index contributed by atoms with van der Waals surface area (Å²) in [6, 6.07) is 4.36. The summed E-state index contributed by atoms with van der Waals surface area (Å²) in [5.41, 5.74) is 5.90. The molecule has 0 saturated carbocycles. The van der Waals surface area contributed by atoms with Gasteiger partial charge in [-0.1, -0.05) is 5.16 Å². The zero-order valence-electron chi connectivity index (χ0n) is 10.9. The molecule has 0 saturated heterocycles. The lowest BCUT2D eigenvalue weighted by Crippen LogP contribution is -1.99. The smallest absolute Gasteiger partial charge is 0.292 e. The molecule has 0 aliphatic heterocycles. The number of nitrogens with zero attached hydrogens (tertiary/aromatic N) is 3. The molecule has 0 bridgehead atoms. The molecule has 2 aromatic rings. The molecule has 0 aliphatic carbocycles. The summed E-state index contributed by atoms with van der Waals surface area (Å²) in [5, 5.41) is 14.6. The van der Waals surface area contributed by atoms with Crippen molar-refractivity contribution in [2.45, 2.75) is 13.3 Å². The van der Waals surface area contributed by atoms with Crippen molar-refractivity contribution in [2.75, 3.05) is 18.9 Å². The van der Waals surface area contributed by atoms with E-state index in [1.54, 1.807) is 6.07 Å². The summed E-state index contributed by atoms with van der Waals surface area (Å²) < 4.78 is 10.3. The monoisotopic (exact) mass is 278 g/mol. The van der Waals surface area contributed by atoms with Gasteiger partial charge in [-0.3, -0.25) is 10.1 Å². The first-order chi connectivity index (χ1) is 9.61. The van der Waals surface area contributed by atoms with Crippen molar-refractivity contribution in [3.63, 3.8) is 0 Å². The van der Waals surface area contributed by atoms with Crippen LogP contribution in [0.1, 0.15) is 12.7 Å². The largest absolute Gasteiger partial charge is 0.393 e. The fraction of sp³-hybridized carbons (Fsp3) is 0.333. The Labute approximate surface area is 114 Å². The normalized spacial score (nSPS) is 10.7. The molecule has 0 unspecified atom stereocenters. The van der Waals surface area contributed by atoms with E-state index in [1.807, 2.05) is 6.92 Å². The summed E-state index contributed by atoms with van der Waals surface area (Å²) >= 11 is 0. The van der Waals surface area contributed by atoms with E-state index in [0.717, 1.165) is 0 Å². The van der Waals surface area contributed by atoms with Gasteiger partial charge in [-0.2, -0.15) is 4.98 Å². The highest BCUT2D eigenvalue weighted by molar-refractivity contribution is 5.67. The Bertz CT molecular complexity index is 611. The Hall–Kier alpha value is -2.48. The fourth-order valence-corrected chi connectivity index (χ4v) is 1.62. The lowest BCUT2D eigenvalue weighted by Gasteiger charge is -1.98. The molecule has 2 rings (SSSR count). The van der Waals surface area contributed by atoms with Gasteiger partial charge in [0.1, 0.15) is 5.69 Å². The minimum atomic E-state index is -0.550. The fourth-order valence-electron chi connectivity index (χ4n) is 1.62. The number of hydrogen-bond acceptors (Lipinski definition) is 7. The Morgan fingerprint density at radius 1 is 1.50 bits per heavy atom. The highest BCUT2D eigenvalue weighted by Crippen LogP contribution is 2.27.